The van der Waals surface area contributed by atoms with Crippen LogP contribution in [0.15, 0.2) is 12.1 Å². The largest absolute Gasteiger partial charge is 0.311 e. The van der Waals surface area contributed by atoms with E-state index in [1.807, 2.05) is 11.3 Å². The van der Waals surface area contributed by atoms with Gasteiger partial charge in [0.05, 0.1) is 0 Å². The highest BCUT2D eigenvalue weighted by molar-refractivity contribution is 7.11. The summed E-state index contributed by atoms with van der Waals surface area (Å²) in [5.74, 6) is 0.814. The Hall–Kier alpha value is -0.340. The van der Waals surface area contributed by atoms with Gasteiger partial charge in [0.15, 0.2) is 0 Å². The number of aryl methyl sites for hydroxylation is 1. The predicted octanol–water partition coefficient (Wildman–Crippen LogP) is 4.40. The maximum Gasteiger partial charge on any atom is 0.00894 e. The van der Waals surface area contributed by atoms with E-state index in [2.05, 4.69) is 52.1 Å². The van der Waals surface area contributed by atoms with Crippen molar-refractivity contribution in [2.75, 3.05) is 0 Å². The van der Waals surface area contributed by atoms with Gasteiger partial charge < -0.3 is 5.32 Å². The molecule has 2 atom stereocenters. The van der Waals surface area contributed by atoms with Crippen LogP contribution >= 0.6 is 11.3 Å². The van der Waals surface area contributed by atoms with Gasteiger partial charge in [-0.05, 0) is 58.1 Å². The fraction of sp³-hybridized carbons (Fsp3) is 0.733. The fourth-order valence-corrected chi connectivity index (χ4v) is 3.13. The minimum absolute atomic E-state index is 0.579. The molecule has 0 aromatic carbocycles. The number of nitrogens with one attached hydrogen (secondary N) is 1. The molecule has 98 valence electrons. The van der Waals surface area contributed by atoms with Gasteiger partial charge in [0.2, 0.25) is 0 Å². The average molecular weight is 253 g/mol. The molecule has 0 aliphatic heterocycles. The molecule has 0 radical (unpaired) electrons. The van der Waals surface area contributed by atoms with Crippen LogP contribution in [0.4, 0.5) is 0 Å². The smallest absolute Gasteiger partial charge is 0.00894 e. The highest BCUT2D eigenvalue weighted by atomic mass is 32.1. The van der Waals surface area contributed by atoms with Gasteiger partial charge in [0.25, 0.3) is 0 Å². The highest BCUT2D eigenvalue weighted by Crippen LogP contribution is 2.17. The lowest BCUT2D eigenvalue weighted by Crippen LogP contribution is -2.35. The van der Waals surface area contributed by atoms with Crippen LogP contribution in [0.25, 0.3) is 0 Å². The molecular weight excluding hydrogens is 226 g/mol. The summed E-state index contributed by atoms with van der Waals surface area (Å²) in [6, 6.07) is 5.69. The zero-order chi connectivity index (χ0) is 12.8. The van der Waals surface area contributed by atoms with Crippen LogP contribution in [0.3, 0.4) is 0 Å². The van der Waals surface area contributed by atoms with Crippen molar-refractivity contribution in [1.82, 2.24) is 5.32 Å². The molecule has 0 bridgehead atoms. The molecule has 1 heterocycles. The zero-order valence-corrected chi connectivity index (χ0v) is 12.7. The average Bonchev–Trinajstić information content (AvgIpc) is 2.60. The van der Waals surface area contributed by atoms with E-state index in [0.717, 1.165) is 12.3 Å². The molecule has 2 unspecified atom stereocenters. The molecule has 1 aromatic heterocycles. The second kappa shape index (κ2) is 7.17. The van der Waals surface area contributed by atoms with Crippen LogP contribution in [-0.4, -0.2) is 12.1 Å². The third kappa shape index (κ3) is 6.23. The Balaban J connectivity index is 2.26. The molecular formula is C15H27NS. The first-order valence-corrected chi connectivity index (χ1v) is 7.60. The van der Waals surface area contributed by atoms with Crippen molar-refractivity contribution in [3.8, 4) is 0 Å². The summed E-state index contributed by atoms with van der Waals surface area (Å²) in [5, 5.41) is 3.70. The van der Waals surface area contributed by atoms with Crippen LogP contribution < -0.4 is 5.32 Å². The van der Waals surface area contributed by atoms with Crippen molar-refractivity contribution >= 4 is 11.3 Å². The Bertz CT molecular complexity index is 316. The molecule has 0 aliphatic rings. The Kier molecular flexibility index (Phi) is 6.21. The summed E-state index contributed by atoms with van der Waals surface area (Å²) < 4.78 is 0. The first-order valence-electron chi connectivity index (χ1n) is 6.78. The zero-order valence-electron chi connectivity index (χ0n) is 11.9. The molecule has 0 fully saturated rings. The van der Waals surface area contributed by atoms with E-state index in [9.17, 15) is 0 Å². The Morgan fingerprint density at radius 1 is 1.06 bits per heavy atom. The first-order chi connectivity index (χ1) is 7.97. The van der Waals surface area contributed by atoms with E-state index in [1.165, 1.54) is 22.6 Å². The SMILES string of the molecule is Cc1ccc(CC(C)NC(C)CCC(C)C)s1. The first kappa shape index (κ1) is 14.7. The van der Waals surface area contributed by atoms with Crippen LogP contribution in [0, 0.1) is 12.8 Å². The van der Waals surface area contributed by atoms with E-state index in [1.54, 1.807) is 0 Å². The van der Waals surface area contributed by atoms with Gasteiger partial charge in [-0.2, -0.15) is 0 Å². The Labute approximate surface area is 111 Å². The van der Waals surface area contributed by atoms with Crippen LogP contribution in [0.1, 0.15) is 50.3 Å². The van der Waals surface area contributed by atoms with Crippen molar-refractivity contribution in [3.63, 3.8) is 0 Å². The van der Waals surface area contributed by atoms with E-state index in [-0.39, 0.29) is 0 Å². The second-order valence-corrected chi connectivity index (χ2v) is 7.03. The minimum atomic E-state index is 0.579. The molecule has 0 saturated carbocycles. The summed E-state index contributed by atoms with van der Waals surface area (Å²) in [5.41, 5.74) is 0. The molecule has 1 N–H and O–H groups in total. The third-order valence-corrected chi connectivity index (χ3v) is 4.07. The van der Waals surface area contributed by atoms with E-state index < -0.39 is 0 Å². The van der Waals surface area contributed by atoms with Crippen LogP contribution in [0.5, 0.6) is 0 Å². The molecule has 2 heteroatoms. The lowest BCUT2D eigenvalue weighted by atomic mass is 10.0. The third-order valence-electron chi connectivity index (χ3n) is 3.05. The normalized spacial score (nSPS) is 15.2. The molecule has 0 spiro atoms. The van der Waals surface area contributed by atoms with Gasteiger partial charge in [-0.3, -0.25) is 0 Å². The maximum atomic E-state index is 3.70. The number of hydrogen-bond donors (Lipinski definition) is 1. The molecule has 0 amide bonds. The number of rotatable bonds is 7. The van der Waals surface area contributed by atoms with Crippen molar-refractivity contribution in [2.24, 2.45) is 5.92 Å². The quantitative estimate of drug-likeness (QED) is 0.759. The summed E-state index contributed by atoms with van der Waals surface area (Å²) in [4.78, 5) is 2.92. The lowest BCUT2D eigenvalue weighted by Gasteiger charge is -2.20. The van der Waals surface area contributed by atoms with Gasteiger partial charge in [-0.25, -0.2) is 0 Å². The van der Waals surface area contributed by atoms with Gasteiger partial charge in [-0.1, -0.05) is 13.8 Å². The Morgan fingerprint density at radius 2 is 1.76 bits per heavy atom. The lowest BCUT2D eigenvalue weighted by molar-refractivity contribution is 0.411. The molecule has 1 rings (SSSR count). The highest BCUT2D eigenvalue weighted by Gasteiger charge is 2.09. The Morgan fingerprint density at radius 3 is 2.29 bits per heavy atom. The number of hydrogen-bond acceptors (Lipinski definition) is 2. The van der Waals surface area contributed by atoms with E-state index >= 15 is 0 Å². The topological polar surface area (TPSA) is 12.0 Å². The van der Waals surface area contributed by atoms with E-state index in [0.29, 0.717) is 12.1 Å². The second-order valence-electron chi connectivity index (χ2n) is 5.66. The van der Waals surface area contributed by atoms with Gasteiger partial charge in [0.1, 0.15) is 0 Å². The van der Waals surface area contributed by atoms with Crippen molar-refractivity contribution in [1.29, 1.82) is 0 Å². The van der Waals surface area contributed by atoms with Crippen molar-refractivity contribution in [2.45, 2.75) is 66.0 Å². The molecule has 17 heavy (non-hydrogen) atoms. The summed E-state index contributed by atoms with van der Waals surface area (Å²) >= 11 is 1.92. The van der Waals surface area contributed by atoms with Crippen LogP contribution in [-0.2, 0) is 6.42 Å². The number of thiophene rings is 1. The summed E-state index contributed by atoms with van der Waals surface area (Å²) in [7, 11) is 0. The molecule has 1 aromatic rings. The monoisotopic (exact) mass is 253 g/mol. The van der Waals surface area contributed by atoms with Gasteiger partial charge in [-0.15, -0.1) is 11.3 Å². The fourth-order valence-electron chi connectivity index (χ4n) is 2.11. The minimum Gasteiger partial charge on any atom is -0.311 e. The standard InChI is InChI=1S/C15H27NS/c1-11(2)6-7-12(3)16-13(4)10-15-9-8-14(5)17-15/h8-9,11-13,16H,6-7,10H2,1-5H3. The molecule has 0 saturated heterocycles. The summed E-state index contributed by atoms with van der Waals surface area (Å²) in [6.45, 7) is 11.4. The van der Waals surface area contributed by atoms with E-state index in [4.69, 9.17) is 0 Å². The van der Waals surface area contributed by atoms with Crippen LogP contribution in [0.2, 0.25) is 0 Å². The summed E-state index contributed by atoms with van der Waals surface area (Å²) in [6.07, 6.45) is 3.76. The molecule has 0 aliphatic carbocycles. The van der Waals surface area contributed by atoms with Gasteiger partial charge in [0, 0.05) is 21.8 Å². The van der Waals surface area contributed by atoms with Crippen molar-refractivity contribution in [3.05, 3.63) is 21.9 Å². The molecule has 1 nitrogen and oxygen atoms in total. The maximum absolute atomic E-state index is 3.70. The van der Waals surface area contributed by atoms with Crippen molar-refractivity contribution < 1.29 is 0 Å². The predicted molar refractivity (Wildman–Crippen MR) is 78.9 cm³/mol. The van der Waals surface area contributed by atoms with Gasteiger partial charge >= 0.3 is 0 Å².